The molecule has 150 valence electrons. The Kier molecular flexibility index (Phi) is 6.03. The number of hydrogen-bond donors (Lipinski definition) is 1. The second-order valence-electron chi connectivity index (χ2n) is 7.68. The van der Waals surface area contributed by atoms with Crippen molar-refractivity contribution in [1.29, 1.82) is 0 Å². The molecule has 0 amide bonds. The van der Waals surface area contributed by atoms with Gasteiger partial charge in [-0.25, -0.2) is 0 Å². The Balaban J connectivity index is 1.35. The van der Waals surface area contributed by atoms with E-state index in [2.05, 4.69) is 21.9 Å². The monoisotopic (exact) mass is 382 g/mol. The number of rotatable bonds is 5. The van der Waals surface area contributed by atoms with Crippen LogP contribution in [0.4, 0.5) is 5.69 Å². The van der Waals surface area contributed by atoms with E-state index in [9.17, 15) is 5.11 Å². The zero-order valence-corrected chi connectivity index (χ0v) is 16.5. The zero-order chi connectivity index (χ0) is 19.3. The van der Waals surface area contributed by atoms with E-state index in [1.54, 1.807) is 7.11 Å². The third-order valence-corrected chi connectivity index (χ3v) is 6.00. The summed E-state index contributed by atoms with van der Waals surface area (Å²) < 4.78 is 11.5. The molecule has 1 saturated heterocycles. The van der Waals surface area contributed by atoms with Crippen molar-refractivity contribution in [3.8, 4) is 11.5 Å². The third kappa shape index (κ3) is 4.26. The fourth-order valence-electron chi connectivity index (χ4n) is 4.44. The van der Waals surface area contributed by atoms with Crippen LogP contribution in [0.15, 0.2) is 54.6 Å². The van der Waals surface area contributed by atoms with Gasteiger partial charge < -0.3 is 19.5 Å². The summed E-state index contributed by atoms with van der Waals surface area (Å²) in [6.45, 7) is 3.83. The summed E-state index contributed by atoms with van der Waals surface area (Å²) in [7, 11) is 1.70. The molecule has 1 aliphatic carbocycles. The molecule has 28 heavy (non-hydrogen) atoms. The van der Waals surface area contributed by atoms with Crippen LogP contribution in [0.2, 0.25) is 0 Å². The predicted octanol–water partition coefficient (Wildman–Crippen LogP) is 3.18. The first-order valence-electron chi connectivity index (χ1n) is 10.3. The first kappa shape index (κ1) is 19.1. The minimum absolute atomic E-state index is 0.127. The maximum absolute atomic E-state index is 11.0. The van der Waals surface area contributed by atoms with Gasteiger partial charge in [0.2, 0.25) is 0 Å². The normalized spacial score (nSPS) is 26.1. The lowest BCUT2D eigenvalue weighted by molar-refractivity contribution is -0.0546. The van der Waals surface area contributed by atoms with E-state index in [-0.39, 0.29) is 12.1 Å². The summed E-state index contributed by atoms with van der Waals surface area (Å²) in [6.07, 6.45) is 2.47. The number of piperazine rings is 1. The predicted molar refractivity (Wildman–Crippen MR) is 111 cm³/mol. The smallest absolute Gasteiger partial charge is 0.126 e. The van der Waals surface area contributed by atoms with Gasteiger partial charge in [-0.3, -0.25) is 4.90 Å². The van der Waals surface area contributed by atoms with Crippen LogP contribution in [0.1, 0.15) is 19.3 Å². The fourth-order valence-corrected chi connectivity index (χ4v) is 4.44. The summed E-state index contributed by atoms with van der Waals surface area (Å²) in [6, 6.07) is 18.3. The Labute approximate surface area is 167 Å². The van der Waals surface area contributed by atoms with E-state index in [0.29, 0.717) is 0 Å². The van der Waals surface area contributed by atoms with Crippen molar-refractivity contribution >= 4 is 5.69 Å². The standard InChI is InChI=1S/C23H30N2O3/c1-27-20-10-5-7-18(17-20)24-13-15-25(16-14-24)21-11-6-12-22(23(21)26)28-19-8-3-2-4-9-19/h2-5,7-10,17,21-23,26H,6,11-16H2,1H3/t21-,22+,23+/m0/s1. The quantitative estimate of drug-likeness (QED) is 0.861. The van der Waals surface area contributed by atoms with Crippen molar-refractivity contribution in [2.75, 3.05) is 38.2 Å². The molecule has 0 spiro atoms. The lowest BCUT2D eigenvalue weighted by atomic mass is 9.88. The largest absolute Gasteiger partial charge is 0.497 e. The summed E-state index contributed by atoms with van der Waals surface area (Å²) in [5.74, 6) is 1.73. The summed E-state index contributed by atoms with van der Waals surface area (Å²) >= 11 is 0. The Bertz CT molecular complexity index is 747. The third-order valence-electron chi connectivity index (χ3n) is 6.00. The van der Waals surface area contributed by atoms with E-state index in [4.69, 9.17) is 9.47 Å². The van der Waals surface area contributed by atoms with Gasteiger partial charge in [-0.2, -0.15) is 0 Å². The molecule has 0 bridgehead atoms. The van der Waals surface area contributed by atoms with Crippen LogP contribution in [0, 0.1) is 0 Å². The van der Waals surface area contributed by atoms with Gasteiger partial charge in [0.15, 0.2) is 0 Å². The highest BCUT2D eigenvalue weighted by molar-refractivity contribution is 5.51. The van der Waals surface area contributed by atoms with Gasteiger partial charge in [0.1, 0.15) is 23.7 Å². The molecule has 1 heterocycles. The van der Waals surface area contributed by atoms with E-state index >= 15 is 0 Å². The number of nitrogens with zero attached hydrogens (tertiary/aromatic N) is 2. The molecule has 1 aliphatic heterocycles. The maximum atomic E-state index is 11.0. The molecule has 0 aromatic heterocycles. The van der Waals surface area contributed by atoms with Crippen molar-refractivity contribution in [2.45, 2.75) is 37.5 Å². The van der Waals surface area contributed by atoms with Crippen molar-refractivity contribution in [1.82, 2.24) is 4.90 Å². The molecule has 1 saturated carbocycles. The second-order valence-corrected chi connectivity index (χ2v) is 7.68. The number of hydrogen-bond acceptors (Lipinski definition) is 5. The molecule has 0 unspecified atom stereocenters. The fraction of sp³-hybridized carbons (Fsp3) is 0.478. The van der Waals surface area contributed by atoms with Crippen molar-refractivity contribution in [3.63, 3.8) is 0 Å². The maximum Gasteiger partial charge on any atom is 0.126 e. The average Bonchev–Trinajstić information content (AvgIpc) is 2.76. The lowest BCUT2D eigenvalue weighted by Gasteiger charge is -2.45. The SMILES string of the molecule is COc1cccc(N2CCN([C@H]3CCC[C@@H](Oc4ccccc4)[C@@H]3O)CC2)c1. The van der Waals surface area contributed by atoms with E-state index in [1.807, 2.05) is 42.5 Å². The molecular formula is C23H30N2O3. The van der Waals surface area contributed by atoms with Gasteiger partial charge in [-0.05, 0) is 43.5 Å². The summed E-state index contributed by atoms with van der Waals surface area (Å²) in [5, 5.41) is 11.0. The van der Waals surface area contributed by atoms with Crippen LogP contribution in [0.3, 0.4) is 0 Å². The second kappa shape index (κ2) is 8.84. The highest BCUT2D eigenvalue weighted by atomic mass is 16.5. The van der Waals surface area contributed by atoms with Crippen molar-refractivity contribution in [2.24, 2.45) is 0 Å². The van der Waals surface area contributed by atoms with Gasteiger partial charge in [0, 0.05) is 44.0 Å². The molecular weight excluding hydrogens is 352 g/mol. The molecule has 2 fully saturated rings. The Morgan fingerprint density at radius 2 is 1.64 bits per heavy atom. The minimum Gasteiger partial charge on any atom is -0.497 e. The van der Waals surface area contributed by atoms with Crippen LogP contribution < -0.4 is 14.4 Å². The van der Waals surface area contributed by atoms with Crippen LogP contribution in [-0.2, 0) is 0 Å². The molecule has 4 rings (SSSR count). The number of anilines is 1. The highest BCUT2D eigenvalue weighted by Gasteiger charge is 2.37. The van der Waals surface area contributed by atoms with Crippen LogP contribution >= 0.6 is 0 Å². The summed E-state index contributed by atoms with van der Waals surface area (Å²) in [4.78, 5) is 4.84. The van der Waals surface area contributed by atoms with Crippen LogP contribution in [0.25, 0.3) is 0 Å². The first-order chi connectivity index (χ1) is 13.7. The van der Waals surface area contributed by atoms with Crippen molar-refractivity contribution < 1.29 is 14.6 Å². The van der Waals surface area contributed by atoms with Crippen molar-refractivity contribution in [3.05, 3.63) is 54.6 Å². The number of ether oxygens (including phenoxy) is 2. The minimum atomic E-state index is -0.447. The van der Waals surface area contributed by atoms with Gasteiger partial charge >= 0.3 is 0 Å². The number of aliphatic hydroxyl groups is 1. The molecule has 0 radical (unpaired) electrons. The number of methoxy groups -OCH3 is 1. The first-order valence-corrected chi connectivity index (χ1v) is 10.3. The van der Waals surface area contributed by atoms with E-state index in [1.165, 1.54) is 5.69 Å². The van der Waals surface area contributed by atoms with Gasteiger partial charge in [-0.15, -0.1) is 0 Å². The molecule has 2 aromatic rings. The van der Waals surface area contributed by atoms with E-state index in [0.717, 1.165) is 56.9 Å². The van der Waals surface area contributed by atoms with Crippen LogP contribution in [-0.4, -0.2) is 61.5 Å². The molecule has 1 N–H and O–H groups in total. The highest BCUT2D eigenvalue weighted by Crippen LogP contribution is 2.29. The Morgan fingerprint density at radius 1 is 0.893 bits per heavy atom. The molecule has 5 heteroatoms. The Morgan fingerprint density at radius 3 is 2.39 bits per heavy atom. The van der Waals surface area contributed by atoms with Gasteiger partial charge in [0.25, 0.3) is 0 Å². The molecule has 5 nitrogen and oxygen atoms in total. The zero-order valence-electron chi connectivity index (χ0n) is 16.5. The average molecular weight is 383 g/mol. The Hall–Kier alpha value is -2.24. The number of para-hydroxylation sites is 1. The number of benzene rings is 2. The van der Waals surface area contributed by atoms with Gasteiger partial charge in [-0.1, -0.05) is 24.3 Å². The molecule has 2 aliphatic rings. The lowest BCUT2D eigenvalue weighted by Crippen LogP contribution is -2.58. The van der Waals surface area contributed by atoms with Gasteiger partial charge in [0.05, 0.1) is 7.11 Å². The molecule has 3 atom stereocenters. The van der Waals surface area contributed by atoms with Crippen LogP contribution in [0.5, 0.6) is 11.5 Å². The molecule has 2 aromatic carbocycles. The topological polar surface area (TPSA) is 45.2 Å². The number of aliphatic hydroxyl groups excluding tert-OH is 1. The van der Waals surface area contributed by atoms with E-state index < -0.39 is 6.10 Å². The summed E-state index contributed by atoms with van der Waals surface area (Å²) in [5.41, 5.74) is 1.20.